The fourth-order valence-corrected chi connectivity index (χ4v) is 10.2. The monoisotopic (exact) mass is 902 g/mol. The van der Waals surface area contributed by atoms with Crippen LogP contribution in [-0.4, -0.2) is 74.6 Å². The Bertz CT molecular complexity index is 2450. The van der Waals surface area contributed by atoms with E-state index in [1.807, 2.05) is 103 Å². The third kappa shape index (κ3) is 8.85. The van der Waals surface area contributed by atoms with Gasteiger partial charge in [0, 0.05) is 17.0 Å². The summed E-state index contributed by atoms with van der Waals surface area (Å²) in [5, 5.41) is 17.5. The van der Waals surface area contributed by atoms with Crippen LogP contribution in [0, 0.1) is 0 Å². The molecule has 1 saturated heterocycles. The third-order valence-electron chi connectivity index (χ3n) is 10.8. The van der Waals surface area contributed by atoms with Gasteiger partial charge in [-0.3, -0.25) is 14.5 Å². The Morgan fingerprint density at radius 3 is 1.81 bits per heavy atom. The van der Waals surface area contributed by atoms with E-state index in [2.05, 4.69) is 10.6 Å². The van der Waals surface area contributed by atoms with Crippen molar-refractivity contribution in [1.82, 2.24) is 15.2 Å². The van der Waals surface area contributed by atoms with Crippen molar-refractivity contribution < 1.29 is 38.1 Å². The molecule has 0 radical (unpaired) electrons. The molecule has 2 aliphatic rings. The molecule has 6 aromatic rings. The number of carbonyl (C=O) groups is 4. The van der Waals surface area contributed by atoms with Crippen molar-refractivity contribution in [3.63, 3.8) is 0 Å². The first kappa shape index (κ1) is 43.3. The fourth-order valence-electron chi connectivity index (χ4n) is 7.78. The zero-order chi connectivity index (χ0) is 43.9. The summed E-state index contributed by atoms with van der Waals surface area (Å²) >= 11 is 8.44. The molecule has 2 amide bonds. The zero-order valence-electron chi connectivity index (χ0n) is 33.4. The predicted molar refractivity (Wildman–Crippen MR) is 240 cm³/mol. The Kier molecular flexibility index (Phi) is 13.3. The van der Waals surface area contributed by atoms with Crippen LogP contribution >= 0.6 is 34.7 Å². The number of hydrogen-bond acceptors (Lipinski definition) is 10. The van der Waals surface area contributed by atoms with E-state index in [4.69, 9.17) is 26.1 Å². The number of nitrogens with one attached hydrogen (secondary N) is 2. The molecule has 5 aromatic carbocycles. The minimum Gasteiger partial charge on any atom is -0.477 e. The number of β-lactam (4-membered cyclic amide) rings is 1. The number of aromatic nitrogens is 1. The number of nitrogens with zero attached hydrogens (tertiary/aromatic N) is 2. The average molecular weight is 903 g/mol. The first-order valence-electron chi connectivity index (χ1n) is 19.9. The largest absolute Gasteiger partial charge is 0.477 e. The minimum atomic E-state index is -1.91. The number of thiazole rings is 1. The van der Waals surface area contributed by atoms with Crippen LogP contribution in [0.3, 0.4) is 0 Å². The fraction of sp³-hybridized carbons (Fsp3) is 0.188. The van der Waals surface area contributed by atoms with Crippen molar-refractivity contribution >= 4 is 63.6 Å². The summed E-state index contributed by atoms with van der Waals surface area (Å²) in [5.41, 5.74) is 3.10. The van der Waals surface area contributed by atoms with Crippen LogP contribution in [0.25, 0.3) is 0 Å². The van der Waals surface area contributed by atoms with Crippen LogP contribution in [0.2, 0.25) is 0 Å². The number of rotatable bonds is 17. The Labute approximate surface area is 375 Å². The Morgan fingerprint density at radius 1 is 0.825 bits per heavy atom. The first-order chi connectivity index (χ1) is 30.7. The number of thioether (sulfide) groups is 1. The molecule has 0 spiro atoms. The molecule has 4 atom stereocenters. The molecule has 8 rings (SSSR count). The number of ether oxygens (including phenoxy) is 2. The van der Waals surface area contributed by atoms with Gasteiger partial charge in [-0.15, -0.1) is 34.7 Å². The lowest BCUT2D eigenvalue weighted by Crippen LogP contribution is -2.71. The smallest absolute Gasteiger partial charge is 0.352 e. The van der Waals surface area contributed by atoms with E-state index in [0.717, 1.165) is 32.9 Å². The van der Waals surface area contributed by atoms with Gasteiger partial charge in [0.15, 0.2) is 23.4 Å². The summed E-state index contributed by atoms with van der Waals surface area (Å²) in [6, 6.07) is 46.1. The maximum absolute atomic E-state index is 15.2. The van der Waals surface area contributed by atoms with E-state index in [1.54, 1.807) is 53.9 Å². The van der Waals surface area contributed by atoms with Crippen LogP contribution in [0.4, 0.5) is 9.52 Å². The molecule has 0 saturated carbocycles. The van der Waals surface area contributed by atoms with Gasteiger partial charge in [-0.1, -0.05) is 152 Å². The number of hydrogen-bond donors (Lipinski definition) is 3. The standard InChI is InChI=1S/C48H40ClFN4O7S2/c49-26-32-28-62-44-38(43(56)54(44)39(32)45(57)58)52-42(55)41(60-37(27-50)46(59)61-40(30-16-6-1-7-17-30)31-18-8-2-9-19-31)36-29-63-47(51-36)53-48(33-20-10-3-11-21-33,34-22-12-4-13-23-34)35-24-14-5-15-25-35/h1-25,29,37-38,40-41,44H,26-28H2,(H,51,53)(H,52,55)(H,57,58)/t37?,38?,41?,44-/m0/s1. The molecule has 11 nitrogen and oxygen atoms in total. The molecule has 3 N–H and O–H groups in total. The van der Waals surface area contributed by atoms with E-state index in [-0.39, 0.29) is 23.0 Å². The molecule has 63 heavy (non-hydrogen) atoms. The topological polar surface area (TPSA) is 147 Å². The number of esters is 1. The van der Waals surface area contributed by atoms with Crippen LogP contribution in [0.5, 0.6) is 0 Å². The molecule has 15 heteroatoms. The molecule has 0 aliphatic carbocycles. The van der Waals surface area contributed by atoms with E-state index < -0.39 is 65.7 Å². The summed E-state index contributed by atoms with van der Waals surface area (Å²) < 4.78 is 27.3. The van der Waals surface area contributed by atoms with Gasteiger partial charge in [0.05, 0.1) is 5.69 Å². The number of benzene rings is 5. The van der Waals surface area contributed by atoms with Gasteiger partial charge in [0.2, 0.25) is 0 Å². The van der Waals surface area contributed by atoms with Gasteiger partial charge in [-0.2, -0.15) is 0 Å². The highest BCUT2D eigenvalue weighted by Crippen LogP contribution is 2.43. The first-order valence-corrected chi connectivity index (χ1v) is 22.4. The van der Waals surface area contributed by atoms with Gasteiger partial charge < -0.3 is 25.2 Å². The van der Waals surface area contributed by atoms with Crippen molar-refractivity contribution in [3.8, 4) is 0 Å². The minimum absolute atomic E-state index is 0.0208. The summed E-state index contributed by atoms with van der Waals surface area (Å²) in [6.45, 7) is -1.37. The quantitative estimate of drug-likeness (QED) is 0.0354. The Hall–Kier alpha value is -6.32. The van der Waals surface area contributed by atoms with Gasteiger partial charge in [-0.25, -0.2) is 19.0 Å². The van der Waals surface area contributed by atoms with E-state index in [0.29, 0.717) is 21.8 Å². The van der Waals surface area contributed by atoms with Crippen LogP contribution in [-0.2, 0) is 34.2 Å². The molecule has 1 fully saturated rings. The average Bonchev–Trinajstić information content (AvgIpc) is 3.80. The number of carboxylic acid groups (broad SMARTS) is 1. The number of fused-ring (bicyclic) bond motifs is 1. The van der Waals surface area contributed by atoms with Gasteiger partial charge in [0.1, 0.15) is 29.3 Å². The molecule has 2 aliphatic heterocycles. The van der Waals surface area contributed by atoms with Crippen LogP contribution in [0.15, 0.2) is 168 Å². The van der Waals surface area contributed by atoms with Crippen molar-refractivity contribution in [2.45, 2.75) is 35.3 Å². The number of anilines is 1. The second-order valence-electron chi connectivity index (χ2n) is 14.6. The number of carbonyl (C=O) groups excluding carboxylic acids is 3. The maximum Gasteiger partial charge on any atom is 0.352 e. The van der Waals surface area contributed by atoms with Crippen molar-refractivity contribution in [1.29, 1.82) is 0 Å². The normalized spacial score (nSPS) is 17.0. The lowest BCUT2D eigenvalue weighted by Gasteiger charge is -2.49. The number of aliphatic carboxylic acids is 1. The molecule has 1 aromatic heterocycles. The number of alkyl halides is 2. The summed E-state index contributed by atoms with van der Waals surface area (Å²) in [4.78, 5) is 60.2. The number of amides is 2. The van der Waals surface area contributed by atoms with Crippen LogP contribution in [0.1, 0.15) is 45.7 Å². The highest BCUT2D eigenvalue weighted by Gasteiger charge is 2.55. The van der Waals surface area contributed by atoms with Crippen molar-refractivity contribution in [2.75, 3.05) is 23.6 Å². The molecule has 3 unspecified atom stereocenters. The summed E-state index contributed by atoms with van der Waals surface area (Å²) in [6.07, 6.45) is -4.57. The SMILES string of the molecule is O=C(O)C1=C(CCl)CS[C@H]2C(NC(=O)C(OC(CF)C(=O)OC(c3ccccc3)c3ccccc3)c3csc(NC(c4ccccc4)(c4ccccc4)c4ccccc4)n3)C(=O)N12. The molecule has 320 valence electrons. The van der Waals surface area contributed by atoms with Gasteiger partial charge >= 0.3 is 11.9 Å². The third-order valence-corrected chi connectivity index (χ3v) is 13.2. The zero-order valence-corrected chi connectivity index (χ0v) is 35.8. The molecular formula is C48H40ClFN4O7S2. The highest BCUT2D eigenvalue weighted by atomic mass is 35.5. The Balaban J connectivity index is 1.14. The molecule has 0 bridgehead atoms. The van der Waals surface area contributed by atoms with E-state index in [9.17, 15) is 24.3 Å². The van der Waals surface area contributed by atoms with Crippen molar-refractivity contribution in [3.05, 3.63) is 202 Å². The van der Waals surface area contributed by atoms with Crippen molar-refractivity contribution in [2.24, 2.45) is 0 Å². The second-order valence-corrected chi connectivity index (χ2v) is 16.9. The van der Waals surface area contributed by atoms with E-state index in [1.165, 1.54) is 11.8 Å². The lowest BCUT2D eigenvalue weighted by atomic mass is 9.77. The molecule has 3 heterocycles. The number of halogens is 2. The molecular weight excluding hydrogens is 863 g/mol. The highest BCUT2D eigenvalue weighted by molar-refractivity contribution is 8.00. The lowest BCUT2D eigenvalue weighted by molar-refractivity contribution is -0.170. The van der Waals surface area contributed by atoms with E-state index >= 15 is 4.39 Å². The summed E-state index contributed by atoms with van der Waals surface area (Å²) in [5.74, 6) is -3.83. The maximum atomic E-state index is 15.2. The Morgan fingerprint density at radius 2 is 1.33 bits per heavy atom. The van der Waals surface area contributed by atoms with Crippen LogP contribution < -0.4 is 10.6 Å². The van der Waals surface area contributed by atoms with Gasteiger partial charge in [-0.05, 0) is 33.4 Å². The predicted octanol–water partition coefficient (Wildman–Crippen LogP) is 8.25. The number of carboxylic acids is 1. The summed E-state index contributed by atoms with van der Waals surface area (Å²) in [7, 11) is 0. The van der Waals surface area contributed by atoms with Gasteiger partial charge in [0.25, 0.3) is 11.8 Å². The second kappa shape index (κ2) is 19.4.